The number of anilines is 1. The molecule has 2 heterocycles. The number of benzene rings is 1. The Morgan fingerprint density at radius 2 is 1.89 bits per heavy atom. The van der Waals surface area contributed by atoms with Gasteiger partial charge in [-0.1, -0.05) is 23.2 Å². The van der Waals surface area contributed by atoms with Crippen molar-refractivity contribution in [2.75, 3.05) is 31.2 Å². The first-order valence-corrected chi connectivity index (χ1v) is 6.62. The van der Waals surface area contributed by atoms with Gasteiger partial charge in [0.25, 0.3) is 5.56 Å². The summed E-state index contributed by atoms with van der Waals surface area (Å²) in [6, 6.07) is 3.26. The van der Waals surface area contributed by atoms with Crippen LogP contribution in [0.2, 0.25) is 10.0 Å². The van der Waals surface area contributed by atoms with E-state index >= 15 is 0 Å². The first-order valence-electron chi connectivity index (χ1n) is 5.87. The maximum Gasteiger partial charge on any atom is 0.291 e. The fraction of sp³-hybridized carbons (Fsp3) is 0.333. The minimum absolute atomic E-state index is 0.229. The molecule has 0 saturated carbocycles. The molecule has 1 N–H and O–H groups in total. The van der Waals surface area contributed by atoms with Crippen molar-refractivity contribution >= 4 is 40.1 Å². The topological polar surface area (TPSA) is 58.2 Å². The van der Waals surface area contributed by atoms with Gasteiger partial charge in [0, 0.05) is 13.1 Å². The highest BCUT2D eigenvalue weighted by molar-refractivity contribution is 6.42. The SMILES string of the molecule is O=c1[nH]c2cc(Cl)c(Cl)cc2nc1N1CCOCC1. The Kier molecular flexibility index (Phi) is 3.35. The highest BCUT2D eigenvalue weighted by Crippen LogP contribution is 2.26. The van der Waals surface area contributed by atoms with Gasteiger partial charge >= 0.3 is 0 Å². The second kappa shape index (κ2) is 5.00. The number of ether oxygens (including phenoxy) is 1. The van der Waals surface area contributed by atoms with Gasteiger partial charge in [-0.25, -0.2) is 4.98 Å². The first kappa shape index (κ1) is 12.7. The largest absolute Gasteiger partial charge is 0.378 e. The lowest BCUT2D eigenvalue weighted by Gasteiger charge is -2.27. The number of nitrogens with zero attached hydrogens (tertiary/aromatic N) is 2. The van der Waals surface area contributed by atoms with Gasteiger partial charge in [0.1, 0.15) is 0 Å². The van der Waals surface area contributed by atoms with Gasteiger partial charge in [-0.2, -0.15) is 0 Å². The third kappa shape index (κ3) is 2.41. The number of H-pyrrole nitrogens is 1. The van der Waals surface area contributed by atoms with Crippen LogP contribution in [-0.2, 0) is 4.74 Å². The monoisotopic (exact) mass is 299 g/mol. The molecule has 0 amide bonds. The molecule has 3 rings (SSSR count). The fourth-order valence-corrected chi connectivity index (χ4v) is 2.38. The van der Waals surface area contributed by atoms with Crippen LogP contribution in [0.4, 0.5) is 5.82 Å². The fourth-order valence-electron chi connectivity index (χ4n) is 2.06. The summed E-state index contributed by atoms with van der Waals surface area (Å²) in [6.45, 7) is 2.51. The highest BCUT2D eigenvalue weighted by Gasteiger charge is 2.17. The van der Waals surface area contributed by atoms with Crippen molar-refractivity contribution in [1.29, 1.82) is 0 Å². The van der Waals surface area contributed by atoms with Crippen LogP contribution in [0.15, 0.2) is 16.9 Å². The summed E-state index contributed by atoms with van der Waals surface area (Å²) in [6.07, 6.45) is 0. The zero-order valence-corrected chi connectivity index (χ0v) is 11.5. The summed E-state index contributed by atoms with van der Waals surface area (Å²) < 4.78 is 5.26. The van der Waals surface area contributed by atoms with Crippen LogP contribution in [-0.4, -0.2) is 36.3 Å². The molecule has 7 heteroatoms. The minimum atomic E-state index is -0.229. The first-order chi connectivity index (χ1) is 9.15. The van der Waals surface area contributed by atoms with Gasteiger partial charge in [-0.05, 0) is 12.1 Å². The predicted molar refractivity (Wildman–Crippen MR) is 75.4 cm³/mol. The van der Waals surface area contributed by atoms with Crippen molar-refractivity contribution in [3.05, 3.63) is 32.5 Å². The molecule has 1 aromatic carbocycles. The maximum atomic E-state index is 12.1. The van der Waals surface area contributed by atoms with E-state index in [0.29, 0.717) is 53.2 Å². The molecule has 1 fully saturated rings. The summed E-state index contributed by atoms with van der Waals surface area (Å²) in [5.41, 5.74) is 0.972. The maximum absolute atomic E-state index is 12.1. The molecule has 100 valence electrons. The van der Waals surface area contributed by atoms with Gasteiger partial charge < -0.3 is 14.6 Å². The molecule has 1 aliphatic heterocycles. The summed E-state index contributed by atoms with van der Waals surface area (Å²) in [4.78, 5) is 21.1. The van der Waals surface area contributed by atoms with Gasteiger partial charge in [0.2, 0.25) is 0 Å². The van der Waals surface area contributed by atoms with Gasteiger partial charge in [-0.15, -0.1) is 0 Å². The Hall–Kier alpha value is -1.30. The number of rotatable bonds is 1. The van der Waals surface area contributed by atoms with Crippen molar-refractivity contribution in [1.82, 2.24) is 9.97 Å². The standard InChI is InChI=1S/C12H11Cl2N3O2/c13-7-5-9-10(6-8(7)14)16-12(18)11(15-9)17-1-3-19-4-2-17/h5-6H,1-4H2,(H,16,18). The van der Waals surface area contributed by atoms with E-state index in [1.54, 1.807) is 12.1 Å². The zero-order chi connectivity index (χ0) is 13.4. The van der Waals surface area contributed by atoms with Crippen molar-refractivity contribution in [2.24, 2.45) is 0 Å². The van der Waals surface area contributed by atoms with E-state index in [-0.39, 0.29) is 5.56 Å². The number of nitrogens with one attached hydrogen (secondary N) is 1. The molecule has 1 aromatic heterocycles. The number of aromatic amines is 1. The quantitative estimate of drug-likeness (QED) is 0.876. The Labute approximate surface area is 119 Å². The second-order valence-corrected chi connectivity index (χ2v) is 5.09. The van der Waals surface area contributed by atoms with Gasteiger partial charge in [-0.3, -0.25) is 4.79 Å². The highest BCUT2D eigenvalue weighted by atomic mass is 35.5. The third-order valence-corrected chi connectivity index (χ3v) is 3.75. The van der Waals surface area contributed by atoms with Crippen molar-refractivity contribution in [3.63, 3.8) is 0 Å². The molecule has 0 radical (unpaired) electrons. The molecule has 19 heavy (non-hydrogen) atoms. The number of hydrogen-bond acceptors (Lipinski definition) is 4. The van der Waals surface area contributed by atoms with Crippen molar-refractivity contribution in [3.8, 4) is 0 Å². The van der Waals surface area contributed by atoms with E-state index in [4.69, 9.17) is 27.9 Å². The molecule has 5 nitrogen and oxygen atoms in total. The Morgan fingerprint density at radius 1 is 1.21 bits per heavy atom. The van der Waals surface area contributed by atoms with E-state index < -0.39 is 0 Å². The summed E-state index contributed by atoms with van der Waals surface area (Å²) >= 11 is 11.9. The summed E-state index contributed by atoms with van der Waals surface area (Å²) in [7, 11) is 0. The normalized spacial score (nSPS) is 16.0. The van der Waals surface area contributed by atoms with Crippen LogP contribution < -0.4 is 10.5 Å². The van der Waals surface area contributed by atoms with E-state index in [1.807, 2.05) is 4.90 Å². The molecule has 0 bridgehead atoms. The average molecular weight is 300 g/mol. The van der Waals surface area contributed by atoms with Crippen LogP contribution >= 0.6 is 23.2 Å². The lowest BCUT2D eigenvalue weighted by molar-refractivity contribution is 0.122. The lowest BCUT2D eigenvalue weighted by Crippen LogP contribution is -2.40. The number of fused-ring (bicyclic) bond motifs is 1. The molecule has 1 saturated heterocycles. The van der Waals surface area contributed by atoms with E-state index in [1.165, 1.54) is 0 Å². The Balaban J connectivity index is 2.12. The molecule has 0 spiro atoms. The van der Waals surface area contributed by atoms with Crippen LogP contribution in [0.5, 0.6) is 0 Å². The van der Waals surface area contributed by atoms with E-state index in [0.717, 1.165) is 0 Å². The van der Waals surface area contributed by atoms with Crippen LogP contribution in [0, 0.1) is 0 Å². The smallest absolute Gasteiger partial charge is 0.291 e. The number of aromatic nitrogens is 2. The molecule has 0 unspecified atom stereocenters. The number of morpholine rings is 1. The van der Waals surface area contributed by atoms with Crippen LogP contribution in [0.25, 0.3) is 11.0 Å². The lowest BCUT2D eigenvalue weighted by atomic mass is 10.3. The summed E-state index contributed by atoms with van der Waals surface area (Å²) in [5, 5.41) is 0.812. The molecule has 0 atom stereocenters. The minimum Gasteiger partial charge on any atom is -0.378 e. The molecular weight excluding hydrogens is 289 g/mol. The second-order valence-electron chi connectivity index (χ2n) is 4.27. The Bertz CT molecular complexity index is 680. The molecule has 2 aromatic rings. The third-order valence-electron chi connectivity index (χ3n) is 3.03. The van der Waals surface area contributed by atoms with Gasteiger partial charge in [0.05, 0.1) is 34.3 Å². The summed E-state index contributed by atoms with van der Waals surface area (Å²) in [5.74, 6) is 0.397. The number of hydrogen-bond donors (Lipinski definition) is 1. The zero-order valence-electron chi connectivity index (χ0n) is 9.95. The molecular formula is C12H11Cl2N3O2. The van der Waals surface area contributed by atoms with Gasteiger partial charge in [0.15, 0.2) is 5.82 Å². The molecule has 0 aliphatic carbocycles. The predicted octanol–water partition coefficient (Wildman–Crippen LogP) is 2.07. The van der Waals surface area contributed by atoms with E-state index in [2.05, 4.69) is 9.97 Å². The van der Waals surface area contributed by atoms with Crippen molar-refractivity contribution < 1.29 is 4.74 Å². The van der Waals surface area contributed by atoms with E-state index in [9.17, 15) is 4.79 Å². The molecule has 1 aliphatic rings. The van der Waals surface area contributed by atoms with Crippen LogP contribution in [0.1, 0.15) is 0 Å². The Morgan fingerprint density at radius 3 is 2.63 bits per heavy atom. The average Bonchev–Trinajstić information content (AvgIpc) is 2.41. The van der Waals surface area contributed by atoms with Crippen molar-refractivity contribution in [2.45, 2.75) is 0 Å². The van der Waals surface area contributed by atoms with Crippen LogP contribution in [0.3, 0.4) is 0 Å². The number of halogens is 2.